The lowest BCUT2D eigenvalue weighted by Gasteiger charge is -2.23. The number of fused-ring (bicyclic) bond motifs is 1. The van der Waals surface area contributed by atoms with E-state index >= 15 is 0 Å². The van der Waals surface area contributed by atoms with Crippen LogP contribution < -0.4 is 14.4 Å². The fourth-order valence-corrected chi connectivity index (χ4v) is 4.45. The van der Waals surface area contributed by atoms with Crippen LogP contribution in [0, 0.1) is 0 Å². The molecule has 7 nitrogen and oxygen atoms in total. The number of aliphatic hydroxyl groups excluding tert-OH is 1. The minimum atomic E-state index is -0.770. The standard InChI is InChI=1S/C22H16N2O5S/c25-20(13-6-7-14-15(12-13)29-10-9-28-14)18-19(16-4-3-11-30-16)24(22(27)21(18)26)17-5-1-2-8-23-17/h1-8,11-12,19,25H,9-10H2. The number of amides is 1. The normalized spacial score (nSPS) is 19.9. The van der Waals surface area contributed by atoms with Crippen LogP contribution in [0.5, 0.6) is 11.5 Å². The number of carbonyl (C=O) groups excluding carboxylic acids is 2. The summed E-state index contributed by atoms with van der Waals surface area (Å²) in [5.74, 6) is -0.350. The van der Waals surface area contributed by atoms with Crippen LogP contribution in [-0.4, -0.2) is 35.0 Å². The predicted molar refractivity (Wildman–Crippen MR) is 111 cm³/mol. The van der Waals surface area contributed by atoms with Crippen molar-refractivity contribution in [1.29, 1.82) is 0 Å². The third-order valence-corrected chi connectivity index (χ3v) is 5.89. The molecule has 1 aromatic carbocycles. The van der Waals surface area contributed by atoms with E-state index in [1.54, 1.807) is 42.6 Å². The number of aromatic nitrogens is 1. The molecule has 0 bridgehead atoms. The number of Topliss-reactive ketones (excluding diaryl/α,β-unsaturated/α-hetero) is 1. The van der Waals surface area contributed by atoms with Crippen molar-refractivity contribution in [3.8, 4) is 11.5 Å². The quantitative estimate of drug-likeness (QED) is 0.396. The van der Waals surface area contributed by atoms with Gasteiger partial charge in [-0.05, 0) is 41.8 Å². The molecule has 1 unspecified atom stereocenters. The molecule has 150 valence electrons. The number of benzene rings is 1. The van der Waals surface area contributed by atoms with Crippen LogP contribution in [0.2, 0.25) is 0 Å². The van der Waals surface area contributed by atoms with E-state index < -0.39 is 17.7 Å². The molecule has 0 spiro atoms. The van der Waals surface area contributed by atoms with Crippen molar-refractivity contribution in [2.75, 3.05) is 18.1 Å². The van der Waals surface area contributed by atoms with Crippen LogP contribution in [-0.2, 0) is 9.59 Å². The molecule has 1 saturated heterocycles. The highest BCUT2D eigenvalue weighted by atomic mass is 32.1. The second-order valence-electron chi connectivity index (χ2n) is 6.73. The van der Waals surface area contributed by atoms with Crippen LogP contribution in [0.15, 0.2) is 65.7 Å². The van der Waals surface area contributed by atoms with Crippen LogP contribution in [0.4, 0.5) is 5.82 Å². The molecule has 2 aliphatic heterocycles. The van der Waals surface area contributed by atoms with Crippen molar-refractivity contribution in [1.82, 2.24) is 4.98 Å². The van der Waals surface area contributed by atoms with E-state index in [4.69, 9.17) is 9.47 Å². The van der Waals surface area contributed by atoms with E-state index in [2.05, 4.69) is 4.98 Å². The number of carbonyl (C=O) groups is 2. The zero-order valence-electron chi connectivity index (χ0n) is 15.6. The van der Waals surface area contributed by atoms with E-state index in [0.717, 1.165) is 4.88 Å². The SMILES string of the molecule is O=C1C(=O)N(c2ccccn2)C(c2cccs2)C1=C(O)c1ccc2c(c1)OCCO2. The first-order valence-corrected chi connectivity index (χ1v) is 10.2. The summed E-state index contributed by atoms with van der Waals surface area (Å²) in [6, 6.07) is 13.0. The molecule has 0 radical (unpaired) electrons. The summed E-state index contributed by atoms with van der Waals surface area (Å²) in [7, 11) is 0. The number of hydrogen-bond acceptors (Lipinski definition) is 7. The molecule has 30 heavy (non-hydrogen) atoms. The van der Waals surface area contributed by atoms with Gasteiger partial charge >= 0.3 is 5.91 Å². The van der Waals surface area contributed by atoms with Gasteiger partial charge in [-0.1, -0.05) is 12.1 Å². The summed E-state index contributed by atoms with van der Waals surface area (Å²) in [6.07, 6.45) is 1.56. The van der Waals surface area contributed by atoms with Crippen molar-refractivity contribution in [2.45, 2.75) is 6.04 Å². The summed E-state index contributed by atoms with van der Waals surface area (Å²) in [6.45, 7) is 0.850. The first-order valence-electron chi connectivity index (χ1n) is 9.30. The van der Waals surface area contributed by atoms with Gasteiger partial charge in [-0.3, -0.25) is 14.5 Å². The number of anilines is 1. The van der Waals surface area contributed by atoms with Gasteiger partial charge in [0.05, 0.1) is 5.57 Å². The van der Waals surface area contributed by atoms with Gasteiger partial charge in [-0.2, -0.15) is 0 Å². The molecule has 1 fully saturated rings. The smallest absolute Gasteiger partial charge is 0.301 e. The van der Waals surface area contributed by atoms with E-state index in [1.165, 1.54) is 16.2 Å². The Kier molecular flexibility index (Phi) is 4.48. The lowest BCUT2D eigenvalue weighted by Crippen LogP contribution is -2.29. The molecule has 5 rings (SSSR count). The van der Waals surface area contributed by atoms with Crippen LogP contribution >= 0.6 is 11.3 Å². The lowest BCUT2D eigenvalue weighted by molar-refractivity contribution is -0.132. The van der Waals surface area contributed by atoms with Gasteiger partial charge in [0.15, 0.2) is 11.5 Å². The monoisotopic (exact) mass is 420 g/mol. The average molecular weight is 420 g/mol. The Morgan fingerprint density at radius 2 is 1.90 bits per heavy atom. The highest BCUT2D eigenvalue weighted by Gasteiger charge is 2.48. The fourth-order valence-electron chi connectivity index (χ4n) is 3.63. The summed E-state index contributed by atoms with van der Waals surface area (Å²) in [5, 5.41) is 13.0. The maximum absolute atomic E-state index is 13.0. The second-order valence-corrected chi connectivity index (χ2v) is 7.71. The Bertz CT molecular complexity index is 1160. The van der Waals surface area contributed by atoms with Crippen molar-refractivity contribution in [2.24, 2.45) is 0 Å². The predicted octanol–water partition coefficient (Wildman–Crippen LogP) is 3.54. The van der Waals surface area contributed by atoms with E-state index in [1.807, 2.05) is 17.5 Å². The maximum atomic E-state index is 13.0. The Hall–Kier alpha value is -3.65. The summed E-state index contributed by atoms with van der Waals surface area (Å²) < 4.78 is 11.1. The maximum Gasteiger partial charge on any atom is 0.301 e. The molecule has 1 amide bonds. The van der Waals surface area contributed by atoms with Gasteiger partial charge in [-0.15, -0.1) is 11.3 Å². The average Bonchev–Trinajstić information content (AvgIpc) is 3.40. The number of hydrogen-bond donors (Lipinski definition) is 1. The van der Waals surface area contributed by atoms with Crippen molar-refractivity contribution in [3.05, 3.63) is 76.1 Å². The lowest BCUT2D eigenvalue weighted by atomic mass is 9.99. The van der Waals surface area contributed by atoms with Gasteiger partial charge in [0, 0.05) is 16.6 Å². The Balaban J connectivity index is 1.67. The summed E-state index contributed by atoms with van der Waals surface area (Å²) >= 11 is 1.40. The van der Waals surface area contributed by atoms with Crippen molar-refractivity contribution < 1.29 is 24.2 Å². The number of rotatable bonds is 3. The molecule has 0 aliphatic carbocycles. The first-order chi connectivity index (χ1) is 14.6. The highest BCUT2D eigenvalue weighted by molar-refractivity contribution is 7.10. The van der Waals surface area contributed by atoms with E-state index in [0.29, 0.717) is 36.1 Å². The Morgan fingerprint density at radius 1 is 1.07 bits per heavy atom. The van der Waals surface area contributed by atoms with E-state index in [-0.39, 0.29) is 11.3 Å². The second kappa shape index (κ2) is 7.31. The number of aliphatic hydroxyl groups is 1. The zero-order valence-corrected chi connectivity index (χ0v) is 16.5. The molecular weight excluding hydrogens is 404 g/mol. The molecule has 1 atom stereocenters. The van der Waals surface area contributed by atoms with Gasteiger partial charge in [0.1, 0.15) is 30.8 Å². The summed E-state index contributed by atoms with van der Waals surface area (Å²) in [4.78, 5) is 32.3. The topological polar surface area (TPSA) is 89.0 Å². The van der Waals surface area contributed by atoms with Gasteiger partial charge < -0.3 is 14.6 Å². The zero-order chi connectivity index (χ0) is 20.7. The van der Waals surface area contributed by atoms with Crippen molar-refractivity contribution >= 4 is 34.6 Å². The molecule has 0 saturated carbocycles. The summed E-state index contributed by atoms with van der Waals surface area (Å²) in [5.41, 5.74) is 0.393. The van der Waals surface area contributed by atoms with Crippen molar-refractivity contribution in [3.63, 3.8) is 0 Å². The minimum Gasteiger partial charge on any atom is -0.507 e. The van der Waals surface area contributed by atoms with Crippen LogP contribution in [0.1, 0.15) is 16.5 Å². The molecule has 3 aromatic rings. The first kappa shape index (κ1) is 18.4. The number of ketones is 1. The Morgan fingerprint density at radius 3 is 2.63 bits per heavy atom. The number of pyridine rings is 1. The van der Waals surface area contributed by atoms with Crippen LogP contribution in [0.25, 0.3) is 5.76 Å². The van der Waals surface area contributed by atoms with E-state index in [9.17, 15) is 14.7 Å². The van der Waals surface area contributed by atoms with Crippen LogP contribution in [0.3, 0.4) is 0 Å². The van der Waals surface area contributed by atoms with Gasteiger partial charge in [0.2, 0.25) is 0 Å². The fraction of sp³-hybridized carbons (Fsp3) is 0.136. The number of nitrogens with zero attached hydrogens (tertiary/aromatic N) is 2. The third kappa shape index (κ3) is 2.93. The highest BCUT2D eigenvalue weighted by Crippen LogP contribution is 2.43. The molecule has 2 aromatic heterocycles. The molecular formula is C22H16N2O5S. The molecule has 1 N–H and O–H groups in total. The van der Waals surface area contributed by atoms with Gasteiger partial charge in [0.25, 0.3) is 5.78 Å². The number of thiophene rings is 1. The molecule has 4 heterocycles. The largest absolute Gasteiger partial charge is 0.507 e. The Labute approximate surface area is 175 Å². The third-order valence-electron chi connectivity index (χ3n) is 4.97. The number of ether oxygens (including phenoxy) is 2. The molecule has 2 aliphatic rings. The minimum absolute atomic E-state index is 0.0183. The van der Waals surface area contributed by atoms with Gasteiger partial charge in [-0.25, -0.2) is 4.98 Å². The molecule has 8 heteroatoms.